The van der Waals surface area contributed by atoms with E-state index in [4.69, 9.17) is 16.7 Å². The van der Waals surface area contributed by atoms with Crippen LogP contribution in [0.3, 0.4) is 0 Å². The standard InChI is InChI=1S/C17H17ClN2O3S/c18-14-4-7-16-13(11-14)9-10-20(16)17(21)8-3-12-1-5-15(6-2-12)24(19,22)23/h1-2,4-7,11H,3,8-10H2,(H2,19,22,23). The molecule has 0 fully saturated rings. The van der Waals surface area contributed by atoms with Crippen LogP contribution in [0, 0.1) is 0 Å². The van der Waals surface area contributed by atoms with Crippen LogP contribution in [-0.4, -0.2) is 20.9 Å². The molecule has 2 aromatic rings. The molecule has 7 heteroatoms. The number of hydrogen-bond acceptors (Lipinski definition) is 3. The molecule has 0 spiro atoms. The number of halogens is 1. The zero-order valence-corrected chi connectivity index (χ0v) is 14.5. The Morgan fingerprint density at radius 2 is 1.88 bits per heavy atom. The molecule has 126 valence electrons. The largest absolute Gasteiger partial charge is 0.312 e. The summed E-state index contributed by atoms with van der Waals surface area (Å²) in [5.41, 5.74) is 2.91. The predicted molar refractivity (Wildman–Crippen MR) is 93.6 cm³/mol. The zero-order chi connectivity index (χ0) is 17.3. The topological polar surface area (TPSA) is 80.5 Å². The van der Waals surface area contributed by atoms with Crippen LogP contribution in [0.4, 0.5) is 5.69 Å². The number of sulfonamides is 1. The number of hydrogen-bond donors (Lipinski definition) is 1. The van der Waals surface area contributed by atoms with Gasteiger partial charge in [-0.15, -0.1) is 0 Å². The van der Waals surface area contributed by atoms with Crippen molar-refractivity contribution in [3.8, 4) is 0 Å². The zero-order valence-electron chi connectivity index (χ0n) is 12.9. The highest BCUT2D eigenvalue weighted by Gasteiger charge is 2.24. The van der Waals surface area contributed by atoms with Crippen molar-refractivity contribution < 1.29 is 13.2 Å². The van der Waals surface area contributed by atoms with Gasteiger partial charge in [-0.2, -0.15) is 0 Å². The summed E-state index contributed by atoms with van der Waals surface area (Å²) in [5, 5.41) is 5.75. The van der Waals surface area contributed by atoms with Gasteiger partial charge >= 0.3 is 0 Å². The number of carbonyl (C=O) groups excluding carboxylic acids is 1. The predicted octanol–water partition coefficient (Wildman–Crippen LogP) is 2.51. The second-order valence-electron chi connectivity index (χ2n) is 5.76. The molecule has 1 heterocycles. The maximum absolute atomic E-state index is 12.5. The molecule has 0 aliphatic carbocycles. The fraction of sp³-hybridized carbons (Fsp3) is 0.235. The fourth-order valence-corrected chi connectivity index (χ4v) is 3.57. The van der Waals surface area contributed by atoms with Gasteiger partial charge < -0.3 is 4.90 Å². The average Bonchev–Trinajstić information content (AvgIpc) is 2.95. The Morgan fingerprint density at radius 1 is 1.17 bits per heavy atom. The van der Waals surface area contributed by atoms with Gasteiger partial charge in [0.25, 0.3) is 0 Å². The summed E-state index contributed by atoms with van der Waals surface area (Å²) in [5.74, 6) is 0.0478. The number of aryl methyl sites for hydroxylation is 1. The molecule has 1 amide bonds. The van der Waals surface area contributed by atoms with E-state index >= 15 is 0 Å². The molecule has 0 atom stereocenters. The van der Waals surface area contributed by atoms with Crippen LogP contribution in [0.2, 0.25) is 5.02 Å². The van der Waals surface area contributed by atoms with Gasteiger partial charge in [-0.25, -0.2) is 13.6 Å². The summed E-state index contributed by atoms with van der Waals surface area (Å²) in [6, 6.07) is 11.9. The number of nitrogens with two attached hydrogens (primary N) is 1. The number of benzene rings is 2. The monoisotopic (exact) mass is 364 g/mol. The normalized spacial score (nSPS) is 13.8. The number of anilines is 1. The van der Waals surface area contributed by atoms with Crippen LogP contribution in [-0.2, 0) is 27.7 Å². The van der Waals surface area contributed by atoms with E-state index in [2.05, 4.69) is 0 Å². The number of primary sulfonamides is 1. The van der Waals surface area contributed by atoms with Gasteiger partial charge in [0.15, 0.2) is 0 Å². The van der Waals surface area contributed by atoms with Crippen LogP contribution < -0.4 is 10.0 Å². The highest BCUT2D eigenvalue weighted by atomic mass is 35.5. The third kappa shape index (κ3) is 3.61. The molecule has 5 nitrogen and oxygen atoms in total. The molecule has 0 bridgehead atoms. The van der Waals surface area contributed by atoms with E-state index in [0.29, 0.717) is 24.4 Å². The van der Waals surface area contributed by atoms with E-state index in [1.165, 1.54) is 12.1 Å². The molecule has 2 aromatic carbocycles. The van der Waals surface area contributed by atoms with Gasteiger partial charge in [0.2, 0.25) is 15.9 Å². The molecule has 0 radical (unpaired) electrons. The highest BCUT2D eigenvalue weighted by molar-refractivity contribution is 7.89. The summed E-state index contributed by atoms with van der Waals surface area (Å²) < 4.78 is 22.5. The summed E-state index contributed by atoms with van der Waals surface area (Å²) >= 11 is 5.98. The van der Waals surface area contributed by atoms with Gasteiger partial charge in [-0.3, -0.25) is 4.79 Å². The number of rotatable bonds is 4. The SMILES string of the molecule is NS(=O)(=O)c1ccc(CCC(=O)N2CCc3cc(Cl)ccc32)cc1. The maximum atomic E-state index is 12.5. The minimum atomic E-state index is -3.69. The summed E-state index contributed by atoms with van der Waals surface area (Å²) in [4.78, 5) is 14.3. The molecule has 3 rings (SSSR count). The Morgan fingerprint density at radius 3 is 2.54 bits per heavy atom. The van der Waals surface area contributed by atoms with Crippen LogP contribution >= 0.6 is 11.6 Å². The maximum Gasteiger partial charge on any atom is 0.238 e. The minimum Gasteiger partial charge on any atom is -0.312 e. The van der Waals surface area contributed by atoms with Crippen LogP contribution in [0.25, 0.3) is 0 Å². The molecule has 0 saturated heterocycles. The van der Waals surface area contributed by atoms with E-state index < -0.39 is 10.0 Å². The molecular weight excluding hydrogens is 348 g/mol. The molecule has 0 unspecified atom stereocenters. The smallest absolute Gasteiger partial charge is 0.238 e. The van der Waals surface area contributed by atoms with Gasteiger partial charge in [0.1, 0.15) is 0 Å². The van der Waals surface area contributed by atoms with Crippen molar-refractivity contribution in [3.63, 3.8) is 0 Å². The Labute approximate surface area is 146 Å². The van der Waals surface area contributed by atoms with Crippen molar-refractivity contribution >= 4 is 33.2 Å². The van der Waals surface area contributed by atoms with Crippen molar-refractivity contribution in [1.29, 1.82) is 0 Å². The van der Waals surface area contributed by atoms with Gasteiger partial charge in [-0.05, 0) is 54.3 Å². The van der Waals surface area contributed by atoms with E-state index in [1.54, 1.807) is 23.1 Å². The molecule has 1 aliphatic heterocycles. The molecule has 0 saturated carbocycles. The van der Waals surface area contributed by atoms with Gasteiger partial charge in [0, 0.05) is 23.7 Å². The Balaban J connectivity index is 1.65. The third-order valence-corrected chi connectivity index (χ3v) is 5.28. The molecule has 24 heavy (non-hydrogen) atoms. The first-order valence-electron chi connectivity index (χ1n) is 7.55. The summed E-state index contributed by atoms with van der Waals surface area (Å²) in [6.45, 7) is 0.666. The molecule has 1 aliphatic rings. The van der Waals surface area contributed by atoms with Crippen molar-refractivity contribution in [2.24, 2.45) is 5.14 Å². The lowest BCUT2D eigenvalue weighted by atomic mass is 10.1. The Hall–Kier alpha value is -1.89. The molecular formula is C17H17ClN2O3S. The van der Waals surface area contributed by atoms with E-state index in [1.807, 2.05) is 12.1 Å². The Bertz CT molecular complexity index is 879. The lowest BCUT2D eigenvalue weighted by Crippen LogP contribution is -2.29. The second kappa shape index (κ2) is 6.55. The molecule has 0 aromatic heterocycles. The van der Waals surface area contributed by atoms with Gasteiger partial charge in [0.05, 0.1) is 4.90 Å². The van der Waals surface area contributed by atoms with E-state index in [-0.39, 0.29) is 10.8 Å². The number of fused-ring (bicyclic) bond motifs is 1. The van der Waals surface area contributed by atoms with Gasteiger partial charge in [-0.1, -0.05) is 23.7 Å². The van der Waals surface area contributed by atoms with E-state index in [9.17, 15) is 13.2 Å². The lowest BCUT2D eigenvalue weighted by Gasteiger charge is -2.17. The summed E-state index contributed by atoms with van der Waals surface area (Å²) in [7, 11) is -3.69. The number of nitrogens with zero attached hydrogens (tertiary/aromatic N) is 1. The first-order chi connectivity index (χ1) is 11.3. The average molecular weight is 365 g/mol. The third-order valence-electron chi connectivity index (χ3n) is 4.12. The first kappa shape index (κ1) is 17.0. The molecule has 2 N–H and O–H groups in total. The lowest BCUT2D eigenvalue weighted by molar-refractivity contribution is -0.118. The van der Waals surface area contributed by atoms with Crippen molar-refractivity contribution in [2.45, 2.75) is 24.2 Å². The first-order valence-corrected chi connectivity index (χ1v) is 9.47. The number of amides is 1. The van der Waals surface area contributed by atoms with Crippen LogP contribution in [0.15, 0.2) is 47.4 Å². The quantitative estimate of drug-likeness (QED) is 0.905. The van der Waals surface area contributed by atoms with Crippen LogP contribution in [0.1, 0.15) is 17.5 Å². The van der Waals surface area contributed by atoms with E-state index in [0.717, 1.165) is 23.2 Å². The fourth-order valence-electron chi connectivity index (χ4n) is 2.86. The van der Waals surface area contributed by atoms with Crippen molar-refractivity contribution in [2.75, 3.05) is 11.4 Å². The Kier molecular flexibility index (Phi) is 4.62. The second-order valence-corrected chi connectivity index (χ2v) is 7.76. The van der Waals surface area contributed by atoms with Crippen molar-refractivity contribution in [3.05, 3.63) is 58.6 Å². The summed E-state index contributed by atoms with van der Waals surface area (Å²) in [6.07, 6.45) is 1.71. The minimum absolute atomic E-state index is 0.0478. The van der Waals surface area contributed by atoms with Crippen LogP contribution in [0.5, 0.6) is 0 Å². The number of carbonyl (C=O) groups is 1. The highest BCUT2D eigenvalue weighted by Crippen LogP contribution is 2.30. The van der Waals surface area contributed by atoms with Crippen molar-refractivity contribution in [1.82, 2.24) is 0 Å².